The van der Waals surface area contributed by atoms with Crippen LogP contribution < -0.4 is 0 Å². The molecule has 0 unspecified atom stereocenters. The topological polar surface area (TPSA) is 68.4 Å². The van der Waals surface area contributed by atoms with Crippen molar-refractivity contribution in [3.63, 3.8) is 0 Å². The average Bonchev–Trinajstić information content (AvgIpc) is 3.10. The van der Waals surface area contributed by atoms with E-state index in [0.717, 1.165) is 27.3 Å². The molecule has 0 aliphatic carbocycles. The molecule has 0 saturated heterocycles. The lowest BCUT2D eigenvalue weighted by Gasteiger charge is -1.98. The Labute approximate surface area is 159 Å². The molecule has 0 spiro atoms. The zero-order chi connectivity index (χ0) is 18.8. The van der Waals surface area contributed by atoms with Gasteiger partial charge in [-0.15, -0.1) is 11.3 Å². The summed E-state index contributed by atoms with van der Waals surface area (Å²) in [7, 11) is 0. The van der Waals surface area contributed by atoms with Crippen molar-refractivity contribution in [2.45, 2.75) is 6.92 Å². The summed E-state index contributed by atoms with van der Waals surface area (Å²) in [5, 5.41) is 11.7. The van der Waals surface area contributed by atoms with E-state index in [1.165, 1.54) is 22.4 Å². The smallest absolute Gasteiger partial charge is 0.258 e. The van der Waals surface area contributed by atoms with Crippen molar-refractivity contribution in [1.82, 2.24) is 4.98 Å². The van der Waals surface area contributed by atoms with Crippen LogP contribution in [0.2, 0.25) is 0 Å². The number of hydrogen-bond acceptors (Lipinski definition) is 5. The van der Waals surface area contributed by atoms with Crippen LogP contribution in [0.25, 0.3) is 20.8 Å². The van der Waals surface area contributed by atoms with Crippen LogP contribution in [0.15, 0.2) is 71.7 Å². The Morgan fingerprint density at radius 2 is 1.78 bits per heavy atom. The van der Waals surface area contributed by atoms with Gasteiger partial charge in [-0.25, -0.2) is 4.98 Å². The van der Waals surface area contributed by atoms with Gasteiger partial charge >= 0.3 is 0 Å². The van der Waals surface area contributed by atoms with E-state index in [-0.39, 0.29) is 5.69 Å². The van der Waals surface area contributed by atoms with Crippen LogP contribution in [0.5, 0.6) is 0 Å². The predicted octanol–water partition coefficient (Wildman–Crippen LogP) is 5.93. The van der Waals surface area contributed by atoms with Gasteiger partial charge in [-0.1, -0.05) is 6.07 Å². The van der Waals surface area contributed by atoms with Crippen LogP contribution in [0, 0.1) is 17.0 Å². The van der Waals surface area contributed by atoms with E-state index in [1.807, 2.05) is 30.3 Å². The van der Waals surface area contributed by atoms with Gasteiger partial charge in [0.1, 0.15) is 5.01 Å². The third kappa shape index (κ3) is 3.75. The van der Waals surface area contributed by atoms with Gasteiger partial charge < -0.3 is 0 Å². The number of hydrogen-bond donors (Lipinski definition) is 0. The van der Waals surface area contributed by atoms with Gasteiger partial charge in [-0.05, 0) is 66.6 Å². The molecule has 0 fully saturated rings. The largest absolute Gasteiger partial charge is 0.269 e. The molecule has 0 aliphatic heterocycles. The second kappa shape index (κ2) is 7.09. The highest BCUT2D eigenvalue weighted by Crippen LogP contribution is 2.31. The normalized spacial score (nSPS) is 11.3. The Balaban J connectivity index is 1.53. The lowest BCUT2D eigenvalue weighted by atomic mass is 10.2. The van der Waals surface area contributed by atoms with Crippen LogP contribution >= 0.6 is 11.3 Å². The molecule has 0 bridgehead atoms. The van der Waals surface area contributed by atoms with Gasteiger partial charge in [0.15, 0.2) is 0 Å². The van der Waals surface area contributed by atoms with Crippen molar-refractivity contribution < 1.29 is 4.92 Å². The lowest BCUT2D eigenvalue weighted by Crippen LogP contribution is -1.88. The highest BCUT2D eigenvalue weighted by molar-refractivity contribution is 7.21. The second-order valence-corrected chi connectivity index (χ2v) is 7.17. The van der Waals surface area contributed by atoms with Crippen molar-refractivity contribution in [3.05, 3.63) is 88.0 Å². The minimum Gasteiger partial charge on any atom is -0.258 e. The number of nitrogens with zero attached hydrogens (tertiary/aromatic N) is 3. The molecule has 0 saturated carbocycles. The first-order valence-corrected chi connectivity index (χ1v) is 9.16. The third-order valence-electron chi connectivity index (χ3n) is 4.12. The van der Waals surface area contributed by atoms with E-state index in [0.29, 0.717) is 0 Å². The third-order valence-corrected chi connectivity index (χ3v) is 5.19. The van der Waals surface area contributed by atoms with Gasteiger partial charge in [0.25, 0.3) is 5.69 Å². The summed E-state index contributed by atoms with van der Waals surface area (Å²) in [4.78, 5) is 19.4. The van der Waals surface area contributed by atoms with E-state index in [2.05, 4.69) is 24.0 Å². The molecule has 0 N–H and O–H groups in total. The number of nitro groups is 1. The quantitative estimate of drug-likeness (QED) is 0.253. The van der Waals surface area contributed by atoms with Crippen molar-refractivity contribution in [3.8, 4) is 10.6 Å². The summed E-state index contributed by atoms with van der Waals surface area (Å²) in [6.45, 7) is 2.08. The van der Waals surface area contributed by atoms with E-state index < -0.39 is 4.92 Å². The molecule has 0 radical (unpaired) electrons. The fourth-order valence-electron chi connectivity index (χ4n) is 2.68. The molecule has 0 aliphatic rings. The summed E-state index contributed by atoms with van der Waals surface area (Å²) in [6.07, 6.45) is 1.69. The number of rotatable bonds is 4. The summed E-state index contributed by atoms with van der Waals surface area (Å²) in [6, 6.07) is 20.5. The Morgan fingerprint density at radius 1 is 1.04 bits per heavy atom. The van der Waals surface area contributed by atoms with Gasteiger partial charge in [0.2, 0.25) is 0 Å². The number of thiazole rings is 1. The molecule has 0 atom stereocenters. The molecule has 4 rings (SSSR count). The maximum Gasteiger partial charge on any atom is 0.269 e. The van der Waals surface area contributed by atoms with E-state index in [1.54, 1.807) is 29.7 Å². The van der Waals surface area contributed by atoms with Crippen molar-refractivity contribution >= 4 is 39.1 Å². The number of fused-ring (bicyclic) bond motifs is 1. The van der Waals surface area contributed by atoms with Crippen molar-refractivity contribution in [1.29, 1.82) is 0 Å². The van der Waals surface area contributed by atoms with Crippen LogP contribution in [-0.4, -0.2) is 16.1 Å². The number of aliphatic imine (C=N–C) groups is 1. The van der Waals surface area contributed by atoms with Crippen LogP contribution in [0.3, 0.4) is 0 Å². The van der Waals surface area contributed by atoms with Gasteiger partial charge in [-0.3, -0.25) is 15.1 Å². The van der Waals surface area contributed by atoms with Crippen LogP contribution in [0.1, 0.15) is 11.1 Å². The van der Waals surface area contributed by atoms with Gasteiger partial charge in [0.05, 0.1) is 20.8 Å². The van der Waals surface area contributed by atoms with Crippen LogP contribution in [-0.2, 0) is 0 Å². The fourth-order valence-corrected chi connectivity index (χ4v) is 3.75. The molecule has 27 heavy (non-hydrogen) atoms. The first-order chi connectivity index (χ1) is 13.1. The number of aryl methyl sites for hydroxylation is 1. The maximum atomic E-state index is 10.7. The molecular formula is C21H15N3O2S. The molecule has 4 aromatic rings. The minimum atomic E-state index is -0.414. The Morgan fingerprint density at radius 3 is 2.48 bits per heavy atom. The molecular weight excluding hydrogens is 358 g/mol. The first kappa shape index (κ1) is 17.1. The SMILES string of the molecule is Cc1ccc2nc(-c3ccc(N=Cc4ccc([N+](=O)[O-])cc4)cc3)sc2c1. The molecule has 3 aromatic carbocycles. The fraction of sp³-hybridized carbons (Fsp3) is 0.0476. The number of nitro benzene ring substituents is 1. The van der Waals surface area contributed by atoms with E-state index in [9.17, 15) is 10.1 Å². The molecule has 0 amide bonds. The summed E-state index contributed by atoms with van der Waals surface area (Å²) >= 11 is 1.68. The highest BCUT2D eigenvalue weighted by atomic mass is 32.1. The zero-order valence-electron chi connectivity index (χ0n) is 14.5. The standard InChI is InChI=1S/C21H15N3O2S/c1-14-2-11-19-20(12-14)27-21(23-19)16-5-7-17(8-6-16)22-13-15-3-9-18(10-4-15)24(25)26/h2-13H,1H3. The van der Waals surface area contributed by atoms with Crippen LogP contribution in [0.4, 0.5) is 11.4 Å². The lowest BCUT2D eigenvalue weighted by molar-refractivity contribution is -0.384. The van der Waals surface area contributed by atoms with Crippen molar-refractivity contribution in [2.75, 3.05) is 0 Å². The number of non-ortho nitro benzene ring substituents is 1. The Hall–Kier alpha value is -3.38. The van der Waals surface area contributed by atoms with Gasteiger partial charge in [-0.2, -0.15) is 0 Å². The number of aromatic nitrogens is 1. The first-order valence-electron chi connectivity index (χ1n) is 8.35. The van der Waals surface area contributed by atoms with Gasteiger partial charge in [0, 0.05) is 23.9 Å². The second-order valence-electron chi connectivity index (χ2n) is 6.14. The molecule has 6 heteroatoms. The van der Waals surface area contributed by atoms with E-state index in [4.69, 9.17) is 4.98 Å². The molecule has 132 valence electrons. The average molecular weight is 373 g/mol. The van der Waals surface area contributed by atoms with Crippen molar-refractivity contribution in [2.24, 2.45) is 4.99 Å². The monoisotopic (exact) mass is 373 g/mol. The summed E-state index contributed by atoms with van der Waals surface area (Å²) in [5.74, 6) is 0. The Bertz CT molecular complexity index is 1150. The minimum absolute atomic E-state index is 0.0718. The highest BCUT2D eigenvalue weighted by Gasteiger charge is 2.06. The predicted molar refractivity (Wildman–Crippen MR) is 110 cm³/mol. The zero-order valence-corrected chi connectivity index (χ0v) is 15.3. The summed E-state index contributed by atoms with van der Waals surface area (Å²) in [5.41, 5.74) is 5.00. The summed E-state index contributed by atoms with van der Waals surface area (Å²) < 4.78 is 1.19. The van der Waals surface area contributed by atoms with E-state index >= 15 is 0 Å². The molecule has 1 aromatic heterocycles. The Kier molecular flexibility index (Phi) is 4.48. The number of benzene rings is 3. The molecule has 1 heterocycles. The molecule has 5 nitrogen and oxygen atoms in total. The maximum absolute atomic E-state index is 10.7.